The summed E-state index contributed by atoms with van der Waals surface area (Å²) in [5.41, 5.74) is 21.7. The summed E-state index contributed by atoms with van der Waals surface area (Å²) in [6, 6.07) is 8.88. The molecule has 0 aliphatic carbocycles. The predicted octanol–water partition coefficient (Wildman–Crippen LogP) is 3.93. The summed E-state index contributed by atoms with van der Waals surface area (Å²) in [4.78, 5) is 140. The Morgan fingerprint density at radius 2 is 1.10 bits per heavy atom. The van der Waals surface area contributed by atoms with Gasteiger partial charge in [-0.05, 0) is 108 Å². The van der Waals surface area contributed by atoms with E-state index < -0.39 is 89.4 Å². The zero-order valence-electron chi connectivity index (χ0n) is 55.6. The van der Waals surface area contributed by atoms with Crippen molar-refractivity contribution >= 4 is 82.1 Å². The Morgan fingerprint density at radius 1 is 0.532 bits per heavy atom. The zero-order valence-corrected chi connectivity index (χ0v) is 55.6. The highest BCUT2D eigenvalue weighted by molar-refractivity contribution is 6.26. The van der Waals surface area contributed by atoms with E-state index in [1.807, 2.05) is 31.2 Å². The maximum Gasteiger partial charge on any atom is 0.264 e. The highest BCUT2D eigenvalue weighted by Crippen LogP contribution is 2.20. The van der Waals surface area contributed by atoms with Crippen LogP contribution in [0.3, 0.4) is 0 Å². The monoisotopic (exact) mass is 1310 g/mol. The molecule has 6 atom stereocenters. The van der Waals surface area contributed by atoms with Crippen LogP contribution in [-0.2, 0) is 60.8 Å². The van der Waals surface area contributed by atoms with Crippen LogP contribution >= 0.6 is 0 Å². The lowest BCUT2D eigenvalue weighted by Crippen LogP contribution is -2.59. The fourth-order valence-electron chi connectivity index (χ4n) is 10.0. The van der Waals surface area contributed by atoms with Gasteiger partial charge in [0.1, 0.15) is 49.0 Å². The van der Waals surface area contributed by atoms with Gasteiger partial charge in [-0.15, -0.1) is 0 Å². The number of carbonyl (C=O) groups excluding carboxylic acids is 10. The number of aromatic amines is 1. The molecule has 0 bridgehead atoms. The van der Waals surface area contributed by atoms with E-state index in [2.05, 4.69) is 99.6 Å². The Kier molecular flexibility index (Phi) is 40.2. The number of aliphatic imine (C=N–C) groups is 1. The quantitative estimate of drug-likeness (QED) is 0.0125. The van der Waals surface area contributed by atoms with Gasteiger partial charge in [-0.1, -0.05) is 132 Å². The van der Waals surface area contributed by atoms with E-state index in [9.17, 15) is 47.9 Å². The number of carbonyl (C=O) groups is 10. The molecule has 0 unspecified atom stereocenters. The second kappa shape index (κ2) is 47.7. The molecule has 94 heavy (non-hydrogen) atoms. The van der Waals surface area contributed by atoms with Gasteiger partial charge >= 0.3 is 0 Å². The Labute approximate surface area is 554 Å². The first-order chi connectivity index (χ1) is 45.3. The third-order valence-electron chi connectivity index (χ3n) is 15.3. The average Bonchev–Trinajstić information content (AvgIpc) is 1.62. The number of aromatic nitrogens is 1. The van der Waals surface area contributed by atoms with E-state index in [4.69, 9.17) is 17.2 Å². The standard InChI is InChI=1S/C68H106N16O10/c1-5-7-9-10-11-12-13-14-15-16-17-18-19-20-24-38-59(86)72-41-30-42-74-61(88)47-78-77-46-60(87)73-39-28-27-36-55(81-63(90)48(3)79-64(91)54(34-8-6-2)80-49(4)85)66(93)84-58(43-50-31-22-21-23-32-50)67(94)82-56(37-29-40-75-68(70)71)65(92)83-57(62(69)89)44-51-45-76-53-35-26-25-33-52(51)53/h11-12,14-15,21-23,25-26,31-33,35,45,47-48,54-58,76-77H,5-10,13,16-20,24,27-30,34,36-44,46H2,1-4H3,(H2,69,89)(H,72,86)(H,73,87)(H,74,88)(H,79,91)(H,80,85)(H,81,90)(H,82,94)(H,83,92)(H,84,93)(H4,70,71,75)/b12-11-,15-14-,78-47+/t48-,54-,55-,56-,57-,58+/m0/s1. The summed E-state index contributed by atoms with van der Waals surface area (Å²) in [6.45, 7) is 7.52. The van der Waals surface area contributed by atoms with Crippen molar-refractivity contribution in [3.8, 4) is 0 Å². The van der Waals surface area contributed by atoms with Crippen LogP contribution in [0.1, 0.15) is 174 Å². The van der Waals surface area contributed by atoms with Crippen molar-refractivity contribution in [3.05, 3.63) is 96.2 Å². The number of allylic oxidation sites excluding steroid dienone is 4. The lowest BCUT2D eigenvalue weighted by Gasteiger charge is -2.27. The summed E-state index contributed by atoms with van der Waals surface area (Å²) in [5, 5.41) is 29.2. The molecule has 26 heteroatoms. The molecule has 2 aromatic carbocycles. The van der Waals surface area contributed by atoms with Gasteiger partial charge in [0, 0.05) is 69.5 Å². The maximum absolute atomic E-state index is 14.6. The molecule has 0 fully saturated rings. The number of H-pyrrole nitrogens is 1. The number of primary amides is 1. The average molecular weight is 1310 g/mol. The number of fused-ring (bicyclic) bond motifs is 1. The second-order valence-corrected chi connectivity index (χ2v) is 23.4. The minimum absolute atomic E-state index is 0.0126. The number of nitrogens with two attached hydrogens (primary N) is 3. The highest BCUT2D eigenvalue weighted by atomic mass is 16.2. The van der Waals surface area contributed by atoms with Crippen LogP contribution in [-0.4, -0.2) is 145 Å². The van der Waals surface area contributed by atoms with Gasteiger partial charge in [-0.25, -0.2) is 0 Å². The van der Waals surface area contributed by atoms with E-state index in [1.54, 1.807) is 36.5 Å². The molecule has 0 saturated heterocycles. The lowest BCUT2D eigenvalue weighted by atomic mass is 10.0. The molecule has 10 amide bonds. The molecule has 1 aromatic heterocycles. The van der Waals surface area contributed by atoms with E-state index in [0.717, 1.165) is 74.9 Å². The molecule has 0 aliphatic rings. The van der Waals surface area contributed by atoms with E-state index in [-0.39, 0.29) is 70.0 Å². The van der Waals surface area contributed by atoms with Crippen molar-refractivity contribution < 1.29 is 47.9 Å². The Balaban J connectivity index is 1.60. The molecule has 3 aromatic rings. The number of rotatable bonds is 50. The molecular weight excluding hydrogens is 1200 g/mol. The summed E-state index contributed by atoms with van der Waals surface area (Å²) in [6.07, 6.45) is 27.3. The predicted molar refractivity (Wildman–Crippen MR) is 367 cm³/mol. The molecule has 1 heterocycles. The van der Waals surface area contributed by atoms with Crippen molar-refractivity contribution in [3.63, 3.8) is 0 Å². The van der Waals surface area contributed by atoms with Gasteiger partial charge in [0.05, 0.1) is 0 Å². The topological polar surface area (TPSA) is 410 Å². The minimum atomic E-state index is -1.36. The fourth-order valence-corrected chi connectivity index (χ4v) is 10.0. The van der Waals surface area contributed by atoms with Crippen molar-refractivity contribution in [1.29, 1.82) is 0 Å². The smallest absolute Gasteiger partial charge is 0.264 e. The second-order valence-electron chi connectivity index (χ2n) is 23.4. The van der Waals surface area contributed by atoms with Gasteiger partial charge in [0.15, 0.2) is 5.96 Å². The van der Waals surface area contributed by atoms with Crippen molar-refractivity contribution in [2.45, 2.75) is 212 Å². The van der Waals surface area contributed by atoms with Gasteiger partial charge in [-0.2, -0.15) is 5.10 Å². The highest BCUT2D eigenvalue weighted by Gasteiger charge is 2.33. The number of para-hydroxylation sites is 1. The van der Waals surface area contributed by atoms with Crippen LogP contribution in [0.25, 0.3) is 10.9 Å². The SMILES string of the molecule is CCCCC/C=C\C/C=C\CCCCCCCC(=O)NCCCNC(=O)/C=N/NCC(=O)NCCCC[C@H](NC(=O)[C@H](C)NC(=O)[C@H](CCCC)NC(C)=O)C(=O)N[C@H](Cc1ccccc1)C(=O)N[C@@H](CCCN=C(N)N)C(=O)N[C@@H](Cc1c[nH]c2ccccc12)C(N)=O. The van der Waals surface area contributed by atoms with Crippen LogP contribution in [0.2, 0.25) is 0 Å². The summed E-state index contributed by atoms with van der Waals surface area (Å²) in [5.74, 6) is -6.07. The molecule has 0 saturated carbocycles. The lowest BCUT2D eigenvalue weighted by molar-refractivity contribution is -0.135. The van der Waals surface area contributed by atoms with Gasteiger partial charge in [0.2, 0.25) is 53.2 Å². The Bertz CT molecular complexity index is 2930. The molecule has 26 nitrogen and oxygen atoms in total. The summed E-state index contributed by atoms with van der Waals surface area (Å²) >= 11 is 0. The molecule has 518 valence electrons. The number of unbranched alkanes of at least 4 members (excludes halogenated alkanes) is 10. The first-order valence-corrected chi connectivity index (χ1v) is 33.4. The third kappa shape index (κ3) is 35.1. The molecule has 0 spiro atoms. The number of guanidine groups is 1. The normalized spacial score (nSPS) is 13.2. The van der Waals surface area contributed by atoms with Crippen molar-refractivity contribution in [2.75, 3.05) is 32.7 Å². The number of nitrogens with one attached hydrogen (secondary N) is 11. The third-order valence-corrected chi connectivity index (χ3v) is 15.3. The number of hydrogen-bond donors (Lipinski definition) is 14. The van der Waals surface area contributed by atoms with Crippen LogP contribution < -0.4 is 70.5 Å². The molecule has 17 N–H and O–H groups in total. The van der Waals surface area contributed by atoms with Crippen molar-refractivity contribution in [1.82, 2.24) is 58.3 Å². The van der Waals surface area contributed by atoms with E-state index in [1.165, 1.54) is 33.1 Å². The van der Waals surface area contributed by atoms with Crippen LogP contribution in [0.15, 0.2) is 95.2 Å². The number of hydrogen-bond acceptors (Lipinski definition) is 13. The fraction of sp³-hybridized carbons (Fsp3) is 0.559. The maximum atomic E-state index is 14.6. The summed E-state index contributed by atoms with van der Waals surface area (Å²) < 4.78 is 0. The van der Waals surface area contributed by atoms with Gasteiger partial charge in [-0.3, -0.25) is 52.9 Å². The number of amides is 10. The first-order valence-electron chi connectivity index (χ1n) is 33.4. The Morgan fingerprint density at radius 3 is 1.79 bits per heavy atom. The summed E-state index contributed by atoms with van der Waals surface area (Å²) in [7, 11) is 0. The largest absolute Gasteiger partial charge is 0.370 e. The van der Waals surface area contributed by atoms with Gasteiger partial charge < -0.3 is 75.5 Å². The Hall–Kier alpha value is -9.10. The zero-order chi connectivity index (χ0) is 68.7. The molecule has 0 aliphatic heterocycles. The van der Waals surface area contributed by atoms with Crippen LogP contribution in [0.5, 0.6) is 0 Å². The van der Waals surface area contributed by atoms with Crippen LogP contribution in [0.4, 0.5) is 0 Å². The number of nitrogens with zero attached hydrogens (tertiary/aromatic N) is 2. The van der Waals surface area contributed by atoms with E-state index >= 15 is 0 Å². The minimum Gasteiger partial charge on any atom is -0.370 e. The van der Waals surface area contributed by atoms with Gasteiger partial charge in [0.25, 0.3) is 5.91 Å². The molecule has 3 rings (SSSR count). The van der Waals surface area contributed by atoms with Crippen molar-refractivity contribution in [2.24, 2.45) is 27.3 Å². The van der Waals surface area contributed by atoms with Crippen LogP contribution in [0, 0.1) is 0 Å². The molecule has 0 radical (unpaired) electrons. The first kappa shape index (κ1) is 79.1. The molecular formula is C68H106N16O10. The van der Waals surface area contributed by atoms with E-state index in [0.29, 0.717) is 56.3 Å². The number of benzene rings is 2. The number of hydrazone groups is 1.